The highest BCUT2D eigenvalue weighted by Crippen LogP contribution is 2.38. The summed E-state index contributed by atoms with van der Waals surface area (Å²) < 4.78 is 0. The van der Waals surface area contributed by atoms with Crippen LogP contribution in [-0.2, 0) is 0 Å². The molecule has 0 spiro atoms. The summed E-state index contributed by atoms with van der Waals surface area (Å²) in [6, 6.07) is 1.25. The van der Waals surface area contributed by atoms with Crippen molar-refractivity contribution in [2.75, 3.05) is 13.6 Å². The standard InChI is InChI=1S/C6H12N2/c1-8-3-4-2-5(8)6(4)7/h4-6H,2-3,7H2,1H3/t4-,5-,6+/m1/s1. The number of hydrogen-bond donors (Lipinski definition) is 1. The average Bonchev–Trinajstić information content (AvgIpc) is 2.19. The fraction of sp³-hybridized carbons (Fsp3) is 1.00. The van der Waals surface area contributed by atoms with Gasteiger partial charge in [-0.15, -0.1) is 0 Å². The van der Waals surface area contributed by atoms with Gasteiger partial charge in [0.25, 0.3) is 0 Å². The molecule has 3 aliphatic rings. The van der Waals surface area contributed by atoms with Crippen molar-refractivity contribution in [3.05, 3.63) is 0 Å². The molecule has 2 nitrogen and oxygen atoms in total. The first-order valence-electron chi connectivity index (χ1n) is 3.25. The highest BCUT2D eigenvalue weighted by atomic mass is 15.2. The van der Waals surface area contributed by atoms with Crippen LogP contribution in [0.25, 0.3) is 0 Å². The monoisotopic (exact) mass is 112 g/mol. The lowest BCUT2D eigenvalue weighted by atomic mass is 9.81. The molecule has 2 N–H and O–H groups in total. The van der Waals surface area contributed by atoms with Crippen LogP contribution in [0.3, 0.4) is 0 Å². The molecule has 3 rings (SSSR count). The van der Waals surface area contributed by atoms with Gasteiger partial charge in [-0.3, -0.25) is 0 Å². The number of fused-ring (bicyclic) bond motifs is 1. The Labute approximate surface area is 49.7 Å². The van der Waals surface area contributed by atoms with Gasteiger partial charge in [-0.25, -0.2) is 0 Å². The molecule has 0 aromatic carbocycles. The van der Waals surface area contributed by atoms with Crippen LogP contribution in [-0.4, -0.2) is 30.6 Å². The molecule has 0 aromatic rings. The van der Waals surface area contributed by atoms with Crippen LogP contribution in [0.15, 0.2) is 0 Å². The van der Waals surface area contributed by atoms with Gasteiger partial charge in [-0.2, -0.15) is 0 Å². The maximum Gasteiger partial charge on any atom is 0.0251 e. The summed E-state index contributed by atoms with van der Waals surface area (Å²) in [6.45, 7) is 1.24. The van der Waals surface area contributed by atoms with Crippen LogP contribution in [0.1, 0.15) is 6.42 Å². The summed E-state index contributed by atoms with van der Waals surface area (Å²) in [5, 5.41) is 0. The molecule has 3 atom stereocenters. The zero-order valence-corrected chi connectivity index (χ0v) is 5.17. The van der Waals surface area contributed by atoms with E-state index in [4.69, 9.17) is 5.73 Å². The average molecular weight is 112 g/mol. The van der Waals surface area contributed by atoms with Crippen molar-refractivity contribution >= 4 is 0 Å². The minimum atomic E-state index is 0.514. The van der Waals surface area contributed by atoms with Gasteiger partial charge in [-0.05, 0) is 19.4 Å². The second kappa shape index (κ2) is 1.25. The van der Waals surface area contributed by atoms with E-state index in [1.165, 1.54) is 13.0 Å². The van der Waals surface area contributed by atoms with E-state index in [1.54, 1.807) is 0 Å². The van der Waals surface area contributed by atoms with Gasteiger partial charge in [0.2, 0.25) is 0 Å². The number of hydrogen-bond acceptors (Lipinski definition) is 2. The summed E-state index contributed by atoms with van der Waals surface area (Å²) in [5.74, 6) is 0.838. The highest BCUT2D eigenvalue weighted by Gasteiger charge is 2.47. The first kappa shape index (κ1) is 4.77. The Morgan fingerprint density at radius 3 is 2.50 bits per heavy atom. The van der Waals surface area contributed by atoms with Gasteiger partial charge < -0.3 is 10.6 Å². The van der Waals surface area contributed by atoms with E-state index >= 15 is 0 Å². The smallest absolute Gasteiger partial charge is 0.0251 e. The minimum absolute atomic E-state index is 0.514. The van der Waals surface area contributed by atoms with Gasteiger partial charge in [0.05, 0.1) is 0 Å². The van der Waals surface area contributed by atoms with Gasteiger partial charge >= 0.3 is 0 Å². The Balaban J connectivity index is 2.13. The van der Waals surface area contributed by atoms with E-state index in [1.807, 2.05) is 0 Å². The Bertz CT molecular complexity index is 109. The normalized spacial score (nSPS) is 54.0. The molecule has 1 saturated carbocycles. The summed E-state index contributed by atoms with van der Waals surface area (Å²) >= 11 is 0. The zero-order chi connectivity index (χ0) is 5.72. The molecule has 1 aliphatic carbocycles. The van der Waals surface area contributed by atoms with Crippen LogP contribution in [0, 0.1) is 5.92 Å². The van der Waals surface area contributed by atoms with Crippen molar-refractivity contribution in [3.8, 4) is 0 Å². The Kier molecular flexibility index (Phi) is 0.746. The quantitative estimate of drug-likeness (QED) is 0.464. The van der Waals surface area contributed by atoms with Crippen molar-refractivity contribution in [3.63, 3.8) is 0 Å². The molecule has 2 heteroatoms. The lowest BCUT2D eigenvalue weighted by Gasteiger charge is -2.32. The Morgan fingerprint density at radius 1 is 1.62 bits per heavy atom. The molecule has 0 amide bonds. The van der Waals surface area contributed by atoms with Crippen LogP contribution in [0.4, 0.5) is 0 Å². The van der Waals surface area contributed by atoms with Gasteiger partial charge in [0.15, 0.2) is 0 Å². The fourth-order valence-corrected chi connectivity index (χ4v) is 1.92. The summed E-state index contributed by atoms with van der Waals surface area (Å²) in [6.07, 6.45) is 1.36. The zero-order valence-electron chi connectivity index (χ0n) is 5.17. The Morgan fingerprint density at radius 2 is 2.38 bits per heavy atom. The molecule has 0 radical (unpaired) electrons. The van der Waals surface area contributed by atoms with Gasteiger partial charge in [0.1, 0.15) is 0 Å². The van der Waals surface area contributed by atoms with Crippen LogP contribution < -0.4 is 5.73 Å². The second-order valence-corrected chi connectivity index (χ2v) is 3.08. The fourth-order valence-electron chi connectivity index (χ4n) is 1.92. The summed E-state index contributed by atoms with van der Waals surface area (Å²) in [7, 11) is 2.16. The number of nitrogens with zero attached hydrogens (tertiary/aromatic N) is 1. The number of nitrogens with two attached hydrogens (primary N) is 1. The topological polar surface area (TPSA) is 29.3 Å². The summed E-state index contributed by atoms with van der Waals surface area (Å²) in [5.41, 5.74) is 5.78. The van der Waals surface area contributed by atoms with E-state index in [0.29, 0.717) is 6.04 Å². The molecule has 0 aromatic heterocycles. The van der Waals surface area contributed by atoms with E-state index in [2.05, 4.69) is 11.9 Å². The largest absolute Gasteiger partial charge is 0.326 e. The van der Waals surface area contributed by atoms with E-state index in [0.717, 1.165) is 12.0 Å². The van der Waals surface area contributed by atoms with Crippen molar-refractivity contribution in [2.24, 2.45) is 11.7 Å². The van der Waals surface area contributed by atoms with Crippen LogP contribution >= 0.6 is 0 Å². The lowest BCUT2D eigenvalue weighted by molar-refractivity contribution is 0.241. The van der Waals surface area contributed by atoms with Crippen molar-refractivity contribution in [1.29, 1.82) is 0 Å². The van der Waals surface area contributed by atoms with Crippen LogP contribution in [0.5, 0.6) is 0 Å². The van der Waals surface area contributed by atoms with Gasteiger partial charge in [-0.1, -0.05) is 0 Å². The molecule has 0 unspecified atom stereocenters. The van der Waals surface area contributed by atoms with Crippen molar-refractivity contribution in [2.45, 2.75) is 18.5 Å². The van der Waals surface area contributed by atoms with Crippen molar-refractivity contribution < 1.29 is 0 Å². The highest BCUT2D eigenvalue weighted by molar-refractivity contribution is 5.05. The predicted octanol–water partition coefficient (Wildman–Crippen LogP) is -0.352. The molecule has 3 fully saturated rings. The molecule has 2 heterocycles. The number of likely N-dealkylation sites (N-methyl/N-ethyl adjacent to an activating group) is 1. The maximum atomic E-state index is 5.78. The molecular formula is C6H12N2. The minimum Gasteiger partial charge on any atom is -0.326 e. The lowest BCUT2D eigenvalue weighted by Crippen LogP contribution is -2.48. The third-order valence-corrected chi connectivity index (χ3v) is 2.62. The molecule has 8 heavy (non-hydrogen) atoms. The molecule has 2 bridgehead atoms. The van der Waals surface area contributed by atoms with Crippen molar-refractivity contribution in [1.82, 2.24) is 4.90 Å². The third-order valence-electron chi connectivity index (χ3n) is 2.62. The molecule has 46 valence electrons. The van der Waals surface area contributed by atoms with E-state index in [9.17, 15) is 0 Å². The predicted molar refractivity (Wildman–Crippen MR) is 32.5 cm³/mol. The SMILES string of the molecule is CN1C[C@H]2C[C@@H]1[C@H]2N. The van der Waals surface area contributed by atoms with Crippen LogP contribution in [0.2, 0.25) is 0 Å². The summed E-state index contributed by atoms with van der Waals surface area (Å²) in [4.78, 5) is 2.37. The second-order valence-electron chi connectivity index (χ2n) is 3.08. The first-order valence-corrected chi connectivity index (χ1v) is 3.25. The maximum absolute atomic E-state index is 5.78. The first-order chi connectivity index (χ1) is 3.79. The van der Waals surface area contributed by atoms with E-state index < -0.39 is 0 Å². The molecule has 2 saturated heterocycles. The Hall–Kier alpha value is -0.0800. The number of rotatable bonds is 0. The van der Waals surface area contributed by atoms with Gasteiger partial charge in [0, 0.05) is 18.6 Å². The molecule has 2 aliphatic heterocycles. The third kappa shape index (κ3) is 0.361. The molecular weight excluding hydrogens is 100 g/mol. The van der Waals surface area contributed by atoms with E-state index in [-0.39, 0.29) is 0 Å².